The second kappa shape index (κ2) is 10.9. The van der Waals surface area contributed by atoms with Gasteiger partial charge in [0.2, 0.25) is 5.95 Å². The van der Waals surface area contributed by atoms with Crippen LogP contribution in [-0.4, -0.2) is 67.7 Å². The lowest BCUT2D eigenvalue weighted by Gasteiger charge is -2.28. The smallest absolute Gasteiger partial charge is 0.475 e. The lowest BCUT2D eigenvalue weighted by atomic mass is 10.3. The molecule has 14 heteroatoms. The molecule has 0 aromatic carbocycles. The third-order valence-electron chi connectivity index (χ3n) is 4.95. The second-order valence-corrected chi connectivity index (χ2v) is 7.39. The van der Waals surface area contributed by atoms with Gasteiger partial charge in [0, 0.05) is 26.2 Å². The number of pyridine rings is 1. The molecule has 35 heavy (non-hydrogen) atoms. The average molecular weight is 492 g/mol. The van der Waals surface area contributed by atoms with Crippen LogP contribution >= 0.6 is 0 Å². The van der Waals surface area contributed by atoms with Crippen molar-refractivity contribution in [3.63, 3.8) is 0 Å². The monoisotopic (exact) mass is 492 g/mol. The number of anilines is 2. The predicted octanol–water partition coefficient (Wildman–Crippen LogP) is 0.685. The van der Waals surface area contributed by atoms with E-state index in [-0.39, 0.29) is 12.1 Å². The molecule has 0 spiro atoms. The first-order chi connectivity index (χ1) is 16.6. The average Bonchev–Trinajstić information content (AvgIpc) is 3.20. The summed E-state index contributed by atoms with van der Waals surface area (Å²) < 4.78 is 35.0. The zero-order valence-electron chi connectivity index (χ0n) is 18.7. The summed E-state index contributed by atoms with van der Waals surface area (Å²) in [5, 5.41) is 14.8. The SMILES string of the molecule is CC#CCn1c(N2CCNCC2)nc2cnn(Cc3ccc(N)cn3)c(=O)c21.O=C(O)C(F)(F)F. The van der Waals surface area contributed by atoms with Crippen LogP contribution in [-0.2, 0) is 17.9 Å². The van der Waals surface area contributed by atoms with E-state index in [0.29, 0.717) is 29.0 Å². The molecule has 0 amide bonds. The van der Waals surface area contributed by atoms with Crippen molar-refractivity contribution in [3.8, 4) is 11.8 Å². The van der Waals surface area contributed by atoms with Crippen molar-refractivity contribution in [2.45, 2.75) is 26.2 Å². The molecule has 3 aromatic heterocycles. The van der Waals surface area contributed by atoms with Gasteiger partial charge in [-0.25, -0.2) is 14.5 Å². The lowest BCUT2D eigenvalue weighted by Crippen LogP contribution is -2.44. The number of carbonyl (C=O) groups is 1. The van der Waals surface area contributed by atoms with Crippen molar-refractivity contribution in [1.82, 2.24) is 29.6 Å². The largest absolute Gasteiger partial charge is 0.490 e. The van der Waals surface area contributed by atoms with Crippen LogP contribution in [0.3, 0.4) is 0 Å². The number of carboxylic acids is 1. The highest BCUT2D eigenvalue weighted by molar-refractivity contribution is 5.77. The predicted molar refractivity (Wildman–Crippen MR) is 122 cm³/mol. The van der Waals surface area contributed by atoms with Crippen LogP contribution in [0.15, 0.2) is 29.3 Å². The lowest BCUT2D eigenvalue weighted by molar-refractivity contribution is -0.192. The Morgan fingerprint density at radius 1 is 1.26 bits per heavy atom. The Morgan fingerprint density at radius 2 is 1.94 bits per heavy atom. The number of imidazole rings is 1. The van der Waals surface area contributed by atoms with Crippen LogP contribution in [0, 0.1) is 11.8 Å². The fraction of sp³-hybridized carbons (Fsp3) is 0.381. The quantitative estimate of drug-likeness (QED) is 0.448. The van der Waals surface area contributed by atoms with E-state index in [1.54, 1.807) is 31.5 Å². The molecule has 0 radical (unpaired) electrons. The number of hydrogen-bond donors (Lipinski definition) is 3. The van der Waals surface area contributed by atoms with Crippen molar-refractivity contribution < 1.29 is 23.1 Å². The molecule has 1 saturated heterocycles. The maximum absolute atomic E-state index is 13.2. The van der Waals surface area contributed by atoms with Gasteiger partial charge in [0.15, 0.2) is 0 Å². The first-order valence-corrected chi connectivity index (χ1v) is 10.4. The molecule has 11 nitrogen and oxygen atoms in total. The van der Waals surface area contributed by atoms with Gasteiger partial charge in [-0.05, 0) is 19.1 Å². The highest BCUT2D eigenvalue weighted by Gasteiger charge is 2.38. The number of carboxylic acid groups (broad SMARTS) is 1. The molecule has 0 bridgehead atoms. The van der Waals surface area contributed by atoms with Crippen molar-refractivity contribution in [3.05, 3.63) is 40.6 Å². The summed E-state index contributed by atoms with van der Waals surface area (Å²) in [5.74, 6) is 3.97. The zero-order chi connectivity index (χ0) is 25.6. The van der Waals surface area contributed by atoms with Gasteiger partial charge >= 0.3 is 12.1 Å². The summed E-state index contributed by atoms with van der Waals surface area (Å²) in [6, 6.07) is 3.55. The molecule has 3 aromatic rings. The number of nitrogens with one attached hydrogen (secondary N) is 1. The highest BCUT2D eigenvalue weighted by atomic mass is 19.4. The van der Waals surface area contributed by atoms with E-state index in [4.69, 9.17) is 20.6 Å². The Hall–Kier alpha value is -4.12. The number of aromatic nitrogens is 5. The number of rotatable bonds is 4. The normalized spacial score (nSPS) is 13.5. The van der Waals surface area contributed by atoms with Gasteiger partial charge in [-0.1, -0.05) is 5.92 Å². The van der Waals surface area contributed by atoms with Gasteiger partial charge in [0.25, 0.3) is 5.56 Å². The minimum absolute atomic E-state index is 0.206. The molecule has 4 heterocycles. The fourth-order valence-corrected chi connectivity index (χ4v) is 3.28. The van der Waals surface area contributed by atoms with E-state index in [1.165, 1.54) is 4.68 Å². The maximum Gasteiger partial charge on any atom is 0.490 e. The minimum atomic E-state index is -5.08. The van der Waals surface area contributed by atoms with Crippen LogP contribution in [0.1, 0.15) is 12.6 Å². The van der Waals surface area contributed by atoms with Crippen LogP contribution in [0.5, 0.6) is 0 Å². The topological polar surface area (TPSA) is 144 Å². The van der Waals surface area contributed by atoms with Crippen molar-refractivity contribution in [1.29, 1.82) is 0 Å². The van der Waals surface area contributed by atoms with E-state index in [1.807, 2.05) is 4.57 Å². The number of fused-ring (bicyclic) bond motifs is 1. The van der Waals surface area contributed by atoms with E-state index >= 15 is 0 Å². The Labute approximate surface area is 197 Å². The summed E-state index contributed by atoms with van der Waals surface area (Å²) in [5.41, 5.74) is 7.87. The third-order valence-corrected chi connectivity index (χ3v) is 4.95. The second-order valence-electron chi connectivity index (χ2n) is 7.39. The van der Waals surface area contributed by atoms with E-state index in [2.05, 4.69) is 32.1 Å². The Balaban J connectivity index is 0.000000429. The number of hydrogen-bond acceptors (Lipinski definition) is 8. The van der Waals surface area contributed by atoms with E-state index in [0.717, 1.165) is 32.1 Å². The molecule has 0 saturated carbocycles. The Kier molecular flexibility index (Phi) is 7.92. The highest BCUT2D eigenvalue weighted by Crippen LogP contribution is 2.20. The molecule has 0 atom stereocenters. The van der Waals surface area contributed by atoms with Gasteiger partial charge in [-0.2, -0.15) is 18.3 Å². The Bertz CT molecular complexity index is 1300. The molecule has 0 aliphatic carbocycles. The minimum Gasteiger partial charge on any atom is -0.475 e. The number of alkyl halides is 3. The standard InChI is InChI=1S/C19H22N8O.C2HF3O2/c1-2-3-8-26-17-16(24-19(26)25-9-6-21-7-10-25)12-23-27(18(17)28)13-15-5-4-14(20)11-22-15;3-2(4,5)1(6)7/h4-5,11-12,21H,6-10,13,20H2,1H3;(H,6,7). The maximum atomic E-state index is 13.2. The van der Waals surface area contributed by atoms with Crippen LogP contribution < -0.4 is 21.5 Å². The molecular formula is C21H23F3N8O3. The molecular weight excluding hydrogens is 469 g/mol. The number of aliphatic carboxylic acids is 1. The van der Waals surface area contributed by atoms with Gasteiger partial charge in [0.1, 0.15) is 11.0 Å². The van der Waals surface area contributed by atoms with E-state index in [9.17, 15) is 18.0 Å². The number of nitrogens with zero attached hydrogens (tertiary/aromatic N) is 6. The number of halogens is 3. The fourth-order valence-electron chi connectivity index (χ4n) is 3.28. The van der Waals surface area contributed by atoms with Crippen LogP contribution in [0.25, 0.3) is 11.0 Å². The van der Waals surface area contributed by atoms with Crippen molar-refractivity contribution >= 4 is 28.6 Å². The molecule has 186 valence electrons. The van der Waals surface area contributed by atoms with Gasteiger partial charge < -0.3 is 21.1 Å². The van der Waals surface area contributed by atoms with Gasteiger partial charge in [-0.3, -0.25) is 14.3 Å². The molecule has 1 aliphatic rings. The molecule has 4 rings (SSSR count). The van der Waals surface area contributed by atoms with E-state index < -0.39 is 12.1 Å². The number of nitrogen functional groups attached to an aromatic ring is 1. The summed E-state index contributed by atoms with van der Waals surface area (Å²) in [6.45, 7) is 5.89. The first-order valence-electron chi connectivity index (χ1n) is 10.4. The summed E-state index contributed by atoms with van der Waals surface area (Å²) in [4.78, 5) is 33.2. The van der Waals surface area contributed by atoms with Crippen molar-refractivity contribution in [2.75, 3.05) is 36.8 Å². The molecule has 0 unspecified atom stereocenters. The van der Waals surface area contributed by atoms with Crippen LogP contribution in [0.4, 0.5) is 24.8 Å². The molecule has 1 aliphatic heterocycles. The number of nitrogens with two attached hydrogens (primary N) is 1. The summed E-state index contributed by atoms with van der Waals surface area (Å²) in [7, 11) is 0. The molecule has 4 N–H and O–H groups in total. The van der Waals surface area contributed by atoms with Crippen molar-refractivity contribution in [2.24, 2.45) is 0 Å². The zero-order valence-corrected chi connectivity index (χ0v) is 18.7. The summed E-state index contributed by atoms with van der Waals surface area (Å²) in [6.07, 6.45) is -1.88. The van der Waals surface area contributed by atoms with Gasteiger partial charge in [0.05, 0.1) is 36.9 Å². The van der Waals surface area contributed by atoms with Crippen LogP contribution in [0.2, 0.25) is 0 Å². The number of piperazine rings is 1. The first kappa shape index (κ1) is 25.5. The summed E-state index contributed by atoms with van der Waals surface area (Å²) >= 11 is 0. The third kappa shape index (κ3) is 6.27. The Morgan fingerprint density at radius 3 is 2.51 bits per heavy atom. The molecule has 1 fully saturated rings. The van der Waals surface area contributed by atoms with Gasteiger partial charge in [-0.15, -0.1) is 5.92 Å².